The Labute approximate surface area is 200 Å². The Balaban J connectivity index is 1.66. The summed E-state index contributed by atoms with van der Waals surface area (Å²) < 4.78 is 32.6. The molecular weight excluding hydrogens is 480 g/mol. The van der Waals surface area contributed by atoms with Gasteiger partial charge in [-0.05, 0) is 0 Å². The van der Waals surface area contributed by atoms with Crippen molar-refractivity contribution in [3.63, 3.8) is 0 Å². The van der Waals surface area contributed by atoms with E-state index in [9.17, 15) is 46.0 Å². The van der Waals surface area contributed by atoms with Crippen molar-refractivity contribution in [2.75, 3.05) is 26.4 Å². The number of aliphatic hydroxyl groups is 9. The first kappa shape index (κ1) is 28.7. The van der Waals surface area contributed by atoms with Crippen molar-refractivity contribution in [2.45, 2.75) is 86.0 Å². The summed E-state index contributed by atoms with van der Waals surface area (Å²) in [4.78, 5) is 0. The molecular formula is C20H34O15. The fourth-order valence-electron chi connectivity index (χ4n) is 4.01. The molecule has 0 amide bonds. The van der Waals surface area contributed by atoms with Crippen molar-refractivity contribution < 1.29 is 74.4 Å². The summed E-state index contributed by atoms with van der Waals surface area (Å²) in [6.45, 7) is 1.69. The van der Waals surface area contributed by atoms with Crippen LogP contribution in [0.15, 0.2) is 12.7 Å². The minimum absolute atomic E-state index is 0.0659. The summed E-state index contributed by atoms with van der Waals surface area (Å²) >= 11 is 0. The van der Waals surface area contributed by atoms with Crippen molar-refractivity contribution in [1.82, 2.24) is 0 Å². The van der Waals surface area contributed by atoms with Crippen molar-refractivity contribution in [2.24, 2.45) is 0 Å². The molecule has 204 valence electrons. The highest BCUT2D eigenvalue weighted by Crippen LogP contribution is 2.31. The van der Waals surface area contributed by atoms with Crippen LogP contribution in [0, 0.1) is 0 Å². The molecule has 9 N–H and O–H groups in total. The van der Waals surface area contributed by atoms with E-state index in [0.717, 1.165) is 0 Å². The van der Waals surface area contributed by atoms with Gasteiger partial charge in [0, 0.05) is 0 Å². The lowest BCUT2D eigenvalue weighted by Gasteiger charge is -2.44. The average molecular weight is 514 g/mol. The Morgan fingerprint density at radius 1 is 0.600 bits per heavy atom. The molecule has 15 nitrogen and oxygen atoms in total. The quantitative estimate of drug-likeness (QED) is 0.123. The van der Waals surface area contributed by atoms with E-state index in [2.05, 4.69) is 6.58 Å². The van der Waals surface area contributed by atoms with Gasteiger partial charge >= 0.3 is 0 Å². The van der Waals surface area contributed by atoms with Crippen molar-refractivity contribution >= 4 is 0 Å². The fraction of sp³-hybridized carbons (Fsp3) is 0.900. The second-order valence-electron chi connectivity index (χ2n) is 8.48. The number of hydrogen-bond donors (Lipinski definition) is 9. The highest BCUT2D eigenvalue weighted by atomic mass is 16.8. The lowest BCUT2D eigenvalue weighted by Crippen LogP contribution is -2.62. The molecule has 3 saturated heterocycles. The van der Waals surface area contributed by atoms with Crippen molar-refractivity contribution in [3.8, 4) is 0 Å². The zero-order valence-electron chi connectivity index (χ0n) is 18.7. The molecule has 35 heavy (non-hydrogen) atoms. The minimum atomic E-state index is -1.69. The van der Waals surface area contributed by atoms with Gasteiger partial charge in [0.05, 0.1) is 26.4 Å². The molecule has 0 unspecified atom stereocenters. The Morgan fingerprint density at radius 2 is 1.11 bits per heavy atom. The van der Waals surface area contributed by atoms with Crippen LogP contribution in [0.2, 0.25) is 0 Å². The Hall–Kier alpha value is -0.860. The van der Waals surface area contributed by atoms with Crippen LogP contribution in [0.5, 0.6) is 0 Å². The van der Waals surface area contributed by atoms with Gasteiger partial charge in [-0.1, -0.05) is 6.08 Å². The number of ether oxygens (including phenoxy) is 6. The van der Waals surface area contributed by atoms with E-state index in [1.807, 2.05) is 0 Å². The zero-order valence-corrected chi connectivity index (χ0v) is 18.7. The van der Waals surface area contributed by atoms with Crippen LogP contribution in [0.25, 0.3) is 0 Å². The van der Waals surface area contributed by atoms with E-state index in [1.165, 1.54) is 6.08 Å². The summed E-state index contributed by atoms with van der Waals surface area (Å²) in [5, 5.41) is 89.7. The molecule has 0 aromatic carbocycles. The van der Waals surface area contributed by atoms with Gasteiger partial charge in [0.2, 0.25) is 0 Å². The summed E-state index contributed by atoms with van der Waals surface area (Å²) in [7, 11) is 0. The molecule has 15 heteroatoms. The summed E-state index contributed by atoms with van der Waals surface area (Å²) in [5.74, 6) is 0. The number of aliphatic hydroxyl groups excluding tert-OH is 9. The van der Waals surface area contributed by atoms with Gasteiger partial charge in [0.1, 0.15) is 67.1 Å². The molecule has 3 heterocycles. The number of hydrogen-bond acceptors (Lipinski definition) is 15. The van der Waals surface area contributed by atoms with Crippen LogP contribution < -0.4 is 0 Å². The highest BCUT2D eigenvalue weighted by Gasteiger charge is 2.51. The van der Waals surface area contributed by atoms with Crippen LogP contribution in [0.1, 0.15) is 0 Å². The maximum absolute atomic E-state index is 10.7. The molecule has 0 bridgehead atoms. The highest BCUT2D eigenvalue weighted by molar-refractivity contribution is 4.94. The van der Waals surface area contributed by atoms with Gasteiger partial charge in [-0.15, -0.1) is 6.58 Å². The molecule has 0 aliphatic carbocycles. The lowest BCUT2D eigenvalue weighted by atomic mass is 9.98. The average Bonchev–Trinajstić information content (AvgIpc) is 3.13. The van der Waals surface area contributed by atoms with Gasteiger partial charge in [-0.2, -0.15) is 0 Å². The Morgan fingerprint density at radius 3 is 1.71 bits per heavy atom. The number of rotatable bonds is 10. The van der Waals surface area contributed by atoms with E-state index in [-0.39, 0.29) is 6.61 Å². The van der Waals surface area contributed by atoms with Gasteiger partial charge in [0.15, 0.2) is 18.9 Å². The molecule has 0 radical (unpaired) electrons. The SMILES string of the molecule is C=CCO[C@@H]1O[C@H](CO[C@H]2O[C@H](CO)[C@@H](O)[C@H](O)[C@@H]2O)[C@@H](O)[C@H](O)[C@@H]1O[C@@H]1O[C@@H](CO)[C@H](O)[C@H]1O. The normalized spacial score (nSPS) is 48.7. The second kappa shape index (κ2) is 12.6. The first-order valence-corrected chi connectivity index (χ1v) is 11.1. The third-order valence-corrected chi connectivity index (χ3v) is 6.09. The smallest absolute Gasteiger partial charge is 0.187 e. The zero-order chi connectivity index (χ0) is 25.9. The monoisotopic (exact) mass is 514 g/mol. The van der Waals surface area contributed by atoms with E-state index in [1.54, 1.807) is 0 Å². The minimum Gasteiger partial charge on any atom is -0.394 e. The van der Waals surface area contributed by atoms with Crippen molar-refractivity contribution in [1.29, 1.82) is 0 Å². The molecule has 0 aromatic heterocycles. The predicted molar refractivity (Wildman–Crippen MR) is 109 cm³/mol. The van der Waals surface area contributed by atoms with Gasteiger partial charge in [-0.25, -0.2) is 0 Å². The van der Waals surface area contributed by atoms with E-state index < -0.39 is 106 Å². The van der Waals surface area contributed by atoms with Gasteiger partial charge < -0.3 is 74.4 Å². The van der Waals surface area contributed by atoms with Crippen LogP contribution in [-0.2, 0) is 28.4 Å². The molecule has 3 aliphatic rings. The third-order valence-electron chi connectivity index (χ3n) is 6.09. The largest absolute Gasteiger partial charge is 0.394 e. The van der Waals surface area contributed by atoms with Crippen LogP contribution >= 0.6 is 0 Å². The Kier molecular flexibility index (Phi) is 10.3. The molecule has 0 aromatic rings. The first-order chi connectivity index (χ1) is 16.6. The van der Waals surface area contributed by atoms with E-state index in [0.29, 0.717) is 0 Å². The lowest BCUT2D eigenvalue weighted by molar-refractivity contribution is -0.348. The summed E-state index contributed by atoms with van der Waals surface area (Å²) in [6.07, 6.45) is -19.3. The molecule has 3 fully saturated rings. The second-order valence-corrected chi connectivity index (χ2v) is 8.48. The van der Waals surface area contributed by atoms with Gasteiger partial charge in [0.25, 0.3) is 0 Å². The van der Waals surface area contributed by atoms with E-state index >= 15 is 0 Å². The van der Waals surface area contributed by atoms with Crippen LogP contribution in [-0.4, -0.2) is 158 Å². The van der Waals surface area contributed by atoms with Crippen molar-refractivity contribution in [3.05, 3.63) is 12.7 Å². The third kappa shape index (κ3) is 6.18. The summed E-state index contributed by atoms with van der Waals surface area (Å²) in [5.41, 5.74) is 0. The first-order valence-electron chi connectivity index (χ1n) is 11.1. The van der Waals surface area contributed by atoms with E-state index in [4.69, 9.17) is 28.4 Å². The maximum Gasteiger partial charge on any atom is 0.187 e. The topological polar surface area (TPSA) is 237 Å². The standard InChI is InChI=1S/C20H34O15/c1-2-3-30-20-17(35-19-15(28)11(24)8(5-22)33-19)14(27)12(25)9(34-20)6-31-18-16(29)13(26)10(23)7(4-21)32-18/h2,7-29H,1,3-6H2/t7-,8+,9-,10-,11+,12-,13+,14+,15-,16+,17+,18+,19+,20-/m1/s1. The fourth-order valence-corrected chi connectivity index (χ4v) is 4.01. The van der Waals surface area contributed by atoms with Gasteiger partial charge in [-0.3, -0.25) is 0 Å². The van der Waals surface area contributed by atoms with Crippen LogP contribution in [0.3, 0.4) is 0 Å². The predicted octanol–water partition coefficient (Wildman–Crippen LogP) is -5.72. The summed E-state index contributed by atoms with van der Waals surface area (Å²) in [6, 6.07) is 0. The molecule has 0 saturated carbocycles. The maximum atomic E-state index is 10.7. The molecule has 0 spiro atoms. The van der Waals surface area contributed by atoms with Crippen LogP contribution in [0.4, 0.5) is 0 Å². The molecule has 14 atom stereocenters. The Bertz CT molecular complexity index is 666. The molecule has 3 aliphatic heterocycles. The molecule has 3 rings (SSSR count).